The van der Waals surface area contributed by atoms with Crippen molar-refractivity contribution in [3.8, 4) is 6.07 Å². The van der Waals surface area contributed by atoms with E-state index in [4.69, 9.17) is 5.73 Å². The van der Waals surface area contributed by atoms with Gasteiger partial charge in [0.05, 0.1) is 0 Å². The molecular formula is C22H20N4O2. The van der Waals surface area contributed by atoms with Crippen LogP contribution >= 0.6 is 0 Å². The van der Waals surface area contributed by atoms with E-state index in [1.54, 1.807) is 10.8 Å². The number of amides is 2. The molecule has 1 heterocycles. The number of primary amides is 1. The van der Waals surface area contributed by atoms with Gasteiger partial charge in [0.15, 0.2) is 0 Å². The number of fused-ring (bicyclic) bond motifs is 1. The van der Waals surface area contributed by atoms with Gasteiger partial charge < -0.3 is 15.6 Å². The van der Waals surface area contributed by atoms with Crippen molar-refractivity contribution in [2.45, 2.75) is 20.4 Å². The van der Waals surface area contributed by atoms with Gasteiger partial charge in [0.1, 0.15) is 18.2 Å². The van der Waals surface area contributed by atoms with Gasteiger partial charge in [-0.3, -0.25) is 9.59 Å². The highest BCUT2D eigenvalue weighted by atomic mass is 16.2. The van der Waals surface area contributed by atoms with Crippen LogP contribution in [0.25, 0.3) is 17.0 Å². The molecule has 0 saturated heterocycles. The van der Waals surface area contributed by atoms with Crippen molar-refractivity contribution in [3.05, 3.63) is 70.9 Å². The van der Waals surface area contributed by atoms with Gasteiger partial charge in [-0.05, 0) is 37.6 Å². The first kappa shape index (κ1) is 18.9. The molecule has 0 unspecified atom stereocenters. The third-order valence-corrected chi connectivity index (χ3v) is 4.44. The van der Waals surface area contributed by atoms with E-state index in [0.717, 1.165) is 22.0 Å². The molecule has 140 valence electrons. The van der Waals surface area contributed by atoms with Crippen molar-refractivity contribution in [2.75, 3.05) is 5.32 Å². The minimum atomic E-state index is -0.485. The number of carbonyl (C=O) groups excluding carboxylic acids is 2. The number of nitrogens with one attached hydrogen (secondary N) is 1. The first-order valence-electron chi connectivity index (χ1n) is 8.75. The number of anilines is 1. The second-order valence-corrected chi connectivity index (χ2v) is 6.64. The Kier molecular flexibility index (Phi) is 5.28. The summed E-state index contributed by atoms with van der Waals surface area (Å²) in [6, 6.07) is 15.1. The fraction of sp³-hybridized carbons (Fsp3) is 0.136. The van der Waals surface area contributed by atoms with E-state index in [9.17, 15) is 14.9 Å². The normalized spacial score (nSPS) is 11.2. The number of carbonyl (C=O) groups is 2. The molecule has 3 N–H and O–H groups in total. The molecule has 3 aromatic rings. The van der Waals surface area contributed by atoms with Crippen molar-refractivity contribution >= 4 is 34.5 Å². The molecular weight excluding hydrogens is 352 g/mol. The van der Waals surface area contributed by atoms with Crippen LogP contribution in [0.3, 0.4) is 0 Å². The Morgan fingerprint density at radius 3 is 2.64 bits per heavy atom. The van der Waals surface area contributed by atoms with Gasteiger partial charge in [-0.2, -0.15) is 5.26 Å². The SMILES string of the molecule is Cc1ccc(NC(=O)/C(C#N)=C\c2cn(CC(N)=O)c3ccccc23)c(C)c1. The maximum atomic E-state index is 12.6. The highest BCUT2D eigenvalue weighted by Gasteiger charge is 2.14. The van der Waals surface area contributed by atoms with Crippen LogP contribution in [-0.4, -0.2) is 16.4 Å². The van der Waals surface area contributed by atoms with Crippen LogP contribution in [0.4, 0.5) is 5.69 Å². The van der Waals surface area contributed by atoms with Gasteiger partial charge in [-0.25, -0.2) is 0 Å². The fourth-order valence-electron chi connectivity index (χ4n) is 3.14. The van der Waals surface area contributed by atoms with E-state index in [2.05, 4.69) is 5.32 Å². The number of rotatable bonds is 5. The molecule has 0 aliphatic carbocycles. The molecule has 0 bridgehead atoms. The predicted octanol–water partition coefficient (Wildman–Crippen LogP) is 3.29. The highest BCUT2D eigenvalue weighted by Crippen LogP contribution is 2.24. The molecule has 0 fully saturated rings. The second-order valence-electron chi connectivity index (χ2n) is 6.64. The summed E-state index contributed by atoms with van der Waals surface area (Å²) in [6.07, 6.45) is 3.25. The average molecular weight is 372 g/mol. The molecule has 2 amide bonds. The zero-order valence-electron chi connectivity index (χ0n) is 15.7. The summed E-state index contributed by atoms with van der Waals surface area (Å²) in [6.45, 7) is 3.89. The molecule has 0 radical (unpaired) electrons. The first-order chi connectivity index (χ1) is 13.4. The molecule has 0 atom stereocenters. The minimum Gasteiger partial charge on any atom is -0.368 e. The quantitative estimate of drug-likeness (QED) is 0.531. The van der Waals surface area contributed by atoms with Crippen molar-refractivity contribution in [1.82, 2.24) is 4.57 Å². The number of nitriles is 1. The van der Waals surface area contributed by atoms with E-state index in [1.165, 1.54) is 6.08 Å². The van der Waals surface area contributed by atoms with E-state index in [0.29, 0.717) is 11.3 Å². The Labute approximate surface area is 162 Å². The summed E-state index contributed by atoms with van der Waals surface area (Å²) in [5.74, 6) is -0.953. The Balaban J connectivity index is 1.97. The largest absolute Gasteiger partial charge is 0.368 e. The van der Waals surface area contributed by atoms with E-state index >= 15 is 0 Å². The second kappa shape index (κ2) is 7.80. The van der Waals surface area contributed by atoms with Crippen LogP contribution in [-0.2, 0) is 16.1 Å². The van der Waals surface area contributed by atoms with Crippen LogP contribution in [0.2, 0.25) is 0 Å². The topological polar surface area (TPSA) is 101 Å². The van der Waals surface area contributed by atoms with Crippen molar-refractivity contribution in [1.29, 1.82) is 5.26 Å². The molecule has 0 aliphatic heterocycles. The van der Waals surface area contributed by atoms with Gasteiger partial charge >= 0.3 is 0 Å². The average Bonchev–Trinajstić information content (AvgIpc) is 2.99. The van der Waals surface area contributed by atoms with Crippen LogP contribution < -0.4 is 11.1 Å². The van der Waals surface area contributed by atoms with Gasteiger partial charge in [-0.1, -0.05) is 35.9 Å². The third kappa shape index (κ3) is 3.94. The maximum absolute atomic E-state index is 12.6. The van der Waals surface area contributed by atoms with Crippen molar-refractivity contribution in [2.24, 2.45) is 5.73 Å². The minimum absolute atomic E-state index is 0.0188. The monoisotopic (exact) mass is 372 g/mol. The predicted molar refractivity (Wildman–Crippen MR) is 109 cm³/mol. The molecule has 0 spiro atoms. The number of hydrogen-bond acceptors (Lipinski definition) is 3. The van der Waals surface area contributed by atoms with Crippen molar-refractivity contribution < 1.29 is 9.59 Å². The van der Waals surface area contributed by atoms with Gasteiger partial charge in [0, 0.05) is 28.4 Å². The molecule has 6 heteroatoms. The third-order valence-electron chi connectivity index (χ3n) is 4.44. The molecule has 0 aliphatic rings. The van der Waals surface area contributed by atoms with E-state index in [-0.39, 0.29) is 12.1 Å². The number of hydrogen-bond donors (Lipinski definition) is 2. The number of nitrogens with two attached hydrogens (primary N) is 1. The number of nitrogens with zero attached hydrogens (tertiary/aromatic N) is 2. The van der Waals surface area contributed by atoms with E-state index < -0.39 is 11.8 Å². The van der Waals surface area contributed by atoms with Gasteiger partial charge in [-0.15, -0.1) is 0 Å². The summed E-state index contributed by atoms with van der Waals surface area (Å²) in [5.41, 5.74) is 9.44. The van der Waals surface area contributed by atoms with E-state index in [1.807, 2.05) is 62.4 Å². The van der Waals surface area contributed by atoms with Crippen LogP contribution in [0.15, 0.2) is 54.2 Å². The lowest BCUT2D eigenvalue weighted by Gasteiger charge is -2.08. The zero-order valence-corrected chi connectivity index (χ0v) is 15.7. The number of aryl methyl sites for hydroxylation is 2. The molecule has 3 rings (SSSR count). The fourth-order valence-corrected chi connectivity index (χ4v) is 3.14. The lowest BCUT2D eigenvalue weighted by molar-refractivity contribution is -0.118. The number of benzene rings is 2. The molecule has 1 aromatic heterocycles. The molecule has 2 aromatic carbocycles. The molecule has 0 saturated carbocycles. The molecule has 28 heavy (non-hydrogen) atoms. The summed E-state index contributed by atoms with van der Waals surface area (Å²) in [7, 11) is 0. The Morgan fingerprint density at radius 1 is 1.21 bits per heavy atom. The zero-order chi connectivity index (χ0) is 20.3. The summed E-state index contributed by atoms with van der Waals surface area (Å²) in [4.78, 5) is 24.0. The lowest BCUT2D eigenvalue weighted by Crippen LogP contribution is -2.17. The number of para-hydroxylation sites is 1. The van der Waals surface area contributed by atoms with Gasteiger partial charge in [0.2, 0.25) is 5.91 Å². The Hall–Kier alpha value is -3.85. The number of aromatic nitrogens is 1. The van der Waals surface area contributed by atoms with Gasteiger partial charge in [0.25, 0.3) is 5.91 Å². The smallest absolute Gasteiger partial charge is 0.266 e. The summed E-state index contributed by atoms with van der Waals surface area (Å²) >= 11 is 0. The summed E-state index contributed by atoms with van der Waals surface area (Å²) in [5, 5.41) is 13.1. The standard InChI is InChI=1S/C22H20N4O2/c1-14-7-8-19(15(2)9-14)25-22(28)16(11-23)10-17-12-26(13-21(24)27)20-6-4-3-5-18(17)20/h3-10,12H,13H2,1-2H3,(H2,24,27)(H,25,28)/b16-10-. The first-order valence-corrected chi connectivity index (χ1v) is 8.75. The molecule has 6 nitrogen and oxygen atoms in total. The van der Waals surface area contributed by atoms with Crippen LogP contribution in [0, 0.1) is 25.2 Å². The highest BCUT2D eigenvalue weighted by molar-refractivity contribution is 6.11. The summed E-state index contributed by atoms with van der Waals surface area (Å²) < 4.78 is 1.71. The van der Waals surface area contributed by atoms with Crippen LogP contribution in [0.1, 0.15) is 16.7 Å². The lowest BCUT2D eigenvalue weighted by atomic mass is 10.1. The Bertz CT molecular complexity index is 1150. The van der Waals surface area contributed by atoms with Crippen molar-refractivity contribution in [3.63, 3.8) is 0 Å². The maximum Gasteiger partial charge on any atom is 0.266 e. The Morgan fingerprint density at radius 2 is 1.96 bits per heavy atom. The van der Waals surface area contributed by atoms with Crippen LogP contribution in [0.5, 0.6) is 0 Å².